The van der Waals surface area contributed by atoms with Gasteiger partial charge in [0.25, 0.3) is 0 Å². The van der Waals surface area contributed by atoms with Crippen molar-refractivity contribution in [1.29, 1.82) is 0 Å². The molecule has 3 aromatic rings. The third-order valence-corrected chi connectivity index (χ3v) is 5.28. The van der Waals surface area contributed by atoms with Crippen LogP contribution in [0.2, 0.25) is 10.0 Å². The number of nitrogens with one attached hydrogen (secondary N) is 2. The van der Waals surface area contributed by atoms with E-state index >= 15 is 0 Å². The Bertz CT molecular complexity index is 1040. The van der Waals surface area contributed by atoms with Gasteiger partial charge in [0, 0.05) is 39.7 Å². The monoisotopic (exact) mass is 417 g/mol. The van der Waals surface area contributed by atoms with Crippen molar-refractivity contribution in [3.63, 3.8) is 0 Å². The van der Waals surface area contributed by atoms with E-state index in [9.17, 15) is 4.79 Å². The van der Waals surface area contributed by atoms with E-state index in [1.165, 1.54) is 0 Å². The molecule has 0 aliphatic carbocycles. The number of aromatic nitrogens is 2. The van der Waals surface area contributed by atoms with Crippen LogP contribution in [0.1, 0.15) is 29.0 Å². The number of halogens is 2. The zero-order valence-corrected chi connectivity index (χ0v) is 16.5. The van der Waals surface area contributed by atoms with Crippen molar-refractivity contribution in [1.82, 2.24) is 10.2 Å². The number of hydrogen-bond acceptors (Lipinski definition) is 4. The Morgan fingerprint density at radius 2 is 2.04 bits per heavy atom. The summed E-state index contributed by atoms with van der Waals surface area (Å²) in [5.74, 6) is 1.55. The van der Waals surface area contributed by atoms with E-state index in [2.05, 4.69) is 15.5 Å². The van der Waals surface area contributed by atoms with E-state index in [1.807, 2.05) is 18.2 Å². The first kappa shape index (κ1) is 18.7. The molecule has 8 heteroatoms. The summed E-state index contributed by atoms with van der Waals surface area (Å²) in [6.45, 7) is 0.257. The predicted octanol–water partition coefficient (Wildman–Crippen LogP) is 4.78. The van der Waals surface area contributed by atoms with Crippen molar-refractivity contribution in [2.75, 3.05) is 12.4 Å². The highest BCUT2D eigenvalue weighted by Gasteiger charge is 2.29. The fourth-order valence-corrected chi connectivity index (χ4v) is 3.64. The van der Waals surface area contributed by atoms with Crippen LogP contribution in [0.3, 0.4) is 0 Å². The first-order valence-electron chi connectivity index (χ1n) is 8.63. The van der Waals surface area contributed by atoms with Crippen molar-refractivity contribution in [2.24, 2.45) is 0 Å². The summed E-state index contributed by atoms with van der Waals surface area (Å²) in [6.07, 6.45) is 2.14. The second-order valence-electron chi connectivity index (χ2n) is 6.43. The third kappa shape index (κ3) is 3.66. The molecule has 1 aliphatic rings. The van der Waals surface area contributed by atoms with Crippen LogP contribution in [0.15, 0.2) is 42.6 Å². The highest BCUT2D eigenvalue weighted by Crippen LogP contribution is 2.39. The molecule has 1 amide bonds. The lowest BCUT2D eigenvalue weighted by Gasteiger charge is -2.23. The van der Waals surface area contributed by atoms with E-state index < -0.39 is 0 Å². The van der Waals surface area contributed by atoms with Crippen LogP contribution in [0.25, 0.3) is 0 Å². The smallest absolute Gasteiger partial charge is 0.226 e. The Balaban J connectivity index is 1.59. The van der Waals surface area contributed by atoms with E-state index in [0.29, 0.717) is 33.8 Å². The molecule has 1 aromatic heterocycles. The summed E-state index contributed by atoms with van der Waals surface area (Å²) in [5.41, 5.74) is 2.68. The molecule has 0 bridgehead atoms. The maximum atomic E-state index is 12.0. The number of benzene rings is 2. The van der Waals surface area contributed by atoms with Crippen molar-refractivity contribution in [2.45, 2.75) is 18.9 Å². The molecular formula is C20H17Cl2N3O3. The van der Waals surface area contributed by atoms with Crippen LogP contribution < -0.4 is 14.8 Å². The van der Waals surface area contributed by atoms with Crippen LogP contribution in [0.4, 0.5) is 5.82 Å². The largest absolute Gasteiger partial charge is 0.493 e. The summed E-state index contributed by atoms with van der Waals surface area (Å²) >= 11 is 12.2. The number of H-pyrrole nitrogens is 1. The molecule has 1 aliphatic heterocycles. The van der Waals surface area contributed by atoms with E-state index in [4.69, 9.17) is 32.7 Å². The van der Waals surface area contributed by atoms with Crippen LogP contribution >= 0.6 is 23.2 Å². The maximum absolute atomic E-state index is 12.0. The van der Waals surface area contributed by atoms with Gasteiger partial charge in [0.15, 0.2) is 17.3 Å². The molecule has 1 unspecified atom stereocenters. The fourth-order valence-electron chi connectivity index (χ4n) is 3.27. The lowest BCUT2D eigenvalue weighted by Crippen LogP contribution is -2.23. The standard InChI is InChI=1S/C20H17Cl2N3O3/c1-27-18-7-11(14-8-19(26)24-20-15(14)9-23-25-20)2-5-17(18)28-10-12-6-13(21)3-4-16(12)22/h2-7,9,14H,8,10H2,1H3,(H2,23,24,25,26). The van der Waals surface area contributed by atoms with Crippen molar-refractivity contribution in [3.8, 4) is 11.5 Å². The summed E-state index contributed by atoms with van der Waals surface area (Å²) < 4.78 is 11.4. The molecule has 1 atom stereocenters. The lowest BCUT2D eigenvalue weighted by molar-refractivity contribution is -0.116. The average Bonchev–Trinajstić information content (AvgIpc) is 3.16. The molecule has 2 N–H and O–H groups in total. The van der Waals surface area contributed by atoms with Crippen LogP contribution in [0, 0.1) is 0 Å². The molecule has 0 saturated heterocycles. The maximum Gasteiger partial charge on any atom is 0.226 e. The van der Waals surface area contributed by atoms with Gasteiger partial charge < -0.3 is 14.8 Å². The zero-order chi connectivity index (χ0) is 19.7. The number of hydrogen-bond donors (Lipinski definition) is 2. The molecule has 0 radical (unpaired) electrons. The number of nitrogens with zero attached hydrogens (tertiary/aromatic N) is 1. The molecule has 2 aromatic carbocycles. The van der Waals surface area contributed by atoms with Crippen molar-refractivity contribution in [3.05, 3.63) is 69.3 Å². The number of ether oxygens (including phenoxy) is 2. The number of methoxy groups -OCH3 is 1. The van der Waals surface area contributed by atoms with Gasteiger partial charge in [-0.1, -0.05) is 29.3 Å². The normalized spacial score (nSPS) is 15.7. The number of aromatic amines is 1. The fraction of sp³-hybridized carbons (Fsp3) is 0.200. The molecule has 2 heterocycles. The molecule has 0 spiro atoms. The minimum absolute atomic E-state index is 0.0699. The quantitative estimate of drug-likeness (QED) is 0.626. The van der Waals surface area contributed by atoms with Gasteiger partial charge in [-0.05, 0) is 35.9 Å². The molecular weight excluding hydrogens is 401 g/mol. The summed E-state index contributed by atoms with van der Waals surface area (Å²) in [5, 5.41) is 10.8. The summed E-state index contributed by atoms with van der Waals surface area (Å²) in [6, 6.07) is 10.9. The van der Waals surface area contributed by atoms with Gasteiger partial charge in [-0.2, -0.15) is 5.10 Å². The number of amides is 1. The molecule has 144 valence electrons. The van der Waals surface area contributed by atoms with Crippen LogP contribution in [-0.2, 0) is 11.4 Å². The van der Waals surface area contributed by atoms with Crippen molar-refractivity contribution < 1.29 is 14.3 Å². The second-order valence-corrected chi connectivity index (χ2v) is 7.27. The van der Waals surface area contributed by atoms with Gasteiger partial charge in [0.1, 0.15) is 6.61 Å². The molecule has 0 fully saturated rings. The SMILES string of the molecule is COc1cc(C2CC(=O)Nc3n[nH]cc32)ccc1OCc1cc(Cl)ccc1Cl. The number of carbonyl (C=O) groups excluding carboxylic acids is 1. The number of anilines is 1. The number of rotatable bonds is 5. The van der Waals surface area contributed by atoms with Gasteiger partial charge in [0.2, 0.25) is 5.91 Å². The highest BCUT2D eigenvalue weighted by atomic mass is 35.5. The number of carbonyl (C=O) groups is 1. The topological polar surface area (TPSA) is 76.2 Å². The Morgan fingerprint density at radius 3 is 2.86 bits per heavy atom. The van der Waals surface area contributed by atoms with Gasteiger partial charge in [-0.3, -0.25) is 9.89 Å². The van der Waals surface area contributed by atoms with E-state index in [1.54, 1.807) is 31.5 Å². The van der Waals surface area contributed by atoms with Crippen LogP contribution in [-0.4, -0.2) is 23.2 Å². The van der Waals surface area contributed by atoms with Gasteiger partial charge >= 0.3 is 0 Å². The molecule has 28 heavy (non-hydrogen) atoms. The minimum Gasteiger partial charge on any atom is -0.493 e. The Kier molecular flexibility index (Phi) is 5.15. The Labute approximate surface area is 171 Å². The van der Waals surface area contributed by atoms with Gasteiger partial charge in [-0.15, -0.1) is 0 Å². The van der Waals surface area contributed by atoms with Crippen LogP contribution in [0.5, 0.6) is 11.5 Å². The van der Waals surface area contributed by atoms with Gasteiger partial charge in [-0.25, -0.2) is 0 Å². The average molecular weight is 418 g/mol. The zero-order valence-electron chi connectivity index (χ0n) is 15.0. The Hall–Kier alpha value is -2.70. The summed E-state index contributed by atoms with van der Waals surface area (Å²) in [4.78, 5) is 12.0. The second kappa shape index (κ2) is 7.73. The predicted molar refractivity (Wildman–Crippen MR) is 107 cm³/mol. The molecule has 4 rings (SSSR count). The first-order chi connectivity index (χ1) is 13.5. The van der Waals surface area contributed by atoms with Gasteiger partial charge in [0.05, 0.1) is 7.11 Å². The summed E-state index contributed by atoms with van der Waals surface area (Å²) in [7, 11) is 1.58. The third-order valence-electron chi connectivity index (χ3n) is 4.67. The van der Waals surface area contributed by atoms with E-state index in [-0.39, 0.29) is 18.4 Å². The highest BCUT2D eigenvalue weighted by molar-refractivity contribution is 6.33. The Morgan fingerprint density at radius 1 is 1.18 bits per heavy atom. The number of fused-ring (bicyclic) bond motifs is 1. The lowest BCUT2D eigenvalue weighted by atomic mass is 9.87. The molecule has 6 nitrogen and oxygen atoms in total. The molecule has 0 saturated carbocycles. The minimum atomic E-state index is -0.104. The van der Waals surface area contributed by atoms with E-state index in [0.717, 1.165) is 16.7 Å². The van der Waals surface area contributed by atoms with Crippen molar-refractivity contribution >= 4 is 34.9 Å². The first-order valence-corrected chi connectivity index (χ1v) is 9.39.